The van der Waals surface area contributed by atoms with Gasteiger partial charge in [-0.3, -0.25) is 0 Å². The van der Waals surface area contributed by atoms with Crippen molar-refractivity contribution in [3.63, 3.8) is 0 Å². The van der Waals surface area contributed by atoms with Gasteiger partial charge in [0.25, 0.3) is 0 Å². The third-order valence-corrected chi connectivity index (χ3v) is 25.6. The smallest absolute Gasteiger partial charge is 0.0788 e. The fourth-order valence-corrected chi connectivity index (χ4v) is 20.2. The molecule has 0 atom stereocenters. The number of rotatable bonds is 10. The van der Waals surface area contributed by atoms with Crippen LogP contribution >= 0.6 is 0 Å². The molecule has 0 aliphatic carbocycles. The van der Waals surface area contributed by atoms with E-state index in [1.165, 1.54) is 208 Å². The first kappa shape index (κ1) is 68.9. The number of fused-ring (bicyclic) bond motifs is 22. The SMILES string of the molecule is c1ccc(-c2cccc(-n3c4ccc(-c5ccc6c(c5)c5ccccc5n6-c5cccc6ccccc56)cc4c4ccc5c(c6ccccc6n5-c5ccccc5)c43)c2)cc1.c1ccc(-c2cccc(-n3c4ccc(-c5ccc6c(c5)c5ccccc5n6-c5cccc6ccccc56)cc4c4ccc5c6ccccc6n(-c6ccccc6)c5c43)c2)cc1. The summed E-state index contributed by atoms with van der Waals surface area (Å²) in [7, 11) is 0. The molecule has 0 radical (unpaired) electrons. The van der Waals surface area contributed by atoms with Gasteiger partial charge in [-0.15, -0.1) is 0 Å². The predicted molar refractivity (Wildman–Crippen MR) is 516 cm³/mol. The summed E-state index contributed by atoms with van der Waals surface area (Å²) in [4.78, 5) is 0. The molecular formula is C116H74N6. The van der Waals surface area contributed by atoms with E-state index in [2.05, 4.69) is 476 Å². The number of para-hydroxylation sites is 6. The third-order valence-electron chi connectivity index (χ3n) is 25.6. The average molecular weight is 1550 g/mol. The lowest BCUT2D eigenvalue weighted by molar-refractivity contribution is 1.15. The van der Waals surface area contributed by atoms with Gasteiger partial charge in [-0.1, -0.05) is 309 Å². The summed E-state index contributed by atoms with van der Waals surface area (Å²) in [6.07, 6.45) is 0. The lowest BCUT2D eigenvalue weighted by Gasteiger charge is -2.13. The van der Waals surface area contributed by atoms with Crippen molar-refractivity contribution in [3.05, 3.63) is 449 Å². The Bertz CT molecular complexity index is 8740. The number of hydrogen-bond donors (Lipinski definition) is 0. The van der Waals surface area contributed by atoms with Crippen molar-refractivity contribution in [1.29, 1.82) is 0 Å². The summed E-state index contributed by atoms with van der Waals surface area (Å²) in [6.45, 7) is 0. The quantitative estimate of drug-likeness (QED) is 0.131. The zero-order valence-corrected chi connectivity index (χ0v) is 66.4. The van der Waals surface area contributed by atoms with E-state index >= 15 is 0 Å². The molecule has 0 saturated carbocycles. The second-order valence-electron chi connectivity index (χ2n) is 32.2. The summed E-state index contributed by atoms with van der Waals surface area (Å²) < 4.78 is 14.8. The molecule has 6 heterocycles. The van der Waals surface area contributed by atoms with E-state index in [0.29, 0.717) is 0 Å². The van der Waals surface area contributed by atoms with Crippen LogP contribution in [0.2, 0.25) is 0 Å². The second-order valence-corrected chi connectivity index (χ2v) is 32.2. The fourth-order valence-electron chi connectivity index (χ4n) is 20.2. The van der Waals surface area contributed by atoms with Crippen LogP contribution in [0.3, 0.4) is 0 Å². The van der Waals surface area contributed by atoms with E-state index in [9.17, 15) is 0 Å². The molecule has 0 bridgehead atoms. The minimum absolute atomic E-state index is 1.13. The van der Waals surface area contributed by atoms with Crippen LogP contribution in [0.25, 0.3) is 231 Å². The molecule has 0 aliphatic heterocycles. The molecule has 568 valence electrons. The molecule has 26 aromatic rings. The van der Waals surface area contributed by atoms with E-state index in [1.807, 2.05) is 0 Å². The highest BCUT2D eigenvalue weighted by atomic mass is 15.1. The predicted octanol–water partition coefficient (Wildman–Crippen LogP) is 30.9. The van der Waals surface area contributed by atoms with Crippen molar-refractivity contribution in [3.8, 4) is 78.6 Å². The lowest BCUT2D eigenvalue weighted by Crippen LogP contribution is -1.99. The maximum atomic E-state index is 2.51. The summed E-state index contributed by atoms with van der Waals surface area (Å²) in [5.41, 5.74) is 30.9. The highest BCUT2D eigenvalue weighted by Crippen LogP contribution is 2.48. The van der Waals surface area contributed by atoms with Crippen molar-refractivity contribution in [1.82, 2.24) is 27.4 Å². The molecule has 122 heavy (non-hydrogen) atoms. The molecule has 0 unspecified atom stereocenters. The van der Waals surface area contributed by atoms with Gasteiger partial charge in [-0.25, -0.2) is 0 Å². The van der Waals surface area contributed by atoms with E-state index in [-0.39, 0.29) is 0 Å². The molecule has 0 saturated heterocycles. The lowest BCUT2D eigenvalue weighted by atomic mass is 10.00. The highest BCUT2D eigenvalue weighted by Gasteiger charge is 2.26. The van der Waals surface area contributed by atoms with E-state index in [0.717, 1.165) is 22.7 Å². The van der Waals surface area contributed by atoms with Crippen molar-refractivity contribution in [2.45, 2.75) is 0 Å². The van der Waals surface area contributed by atoms with Gasteiger partial charge in [0.05, 0.1) is 77.6 Å². The van der Waals surface area contributed by atoms with Gasteiger partial charge in [0.15, 0.2) is 0 Å². The molecule has 0 amide bonds. The van der Waals surface area contributed by atoms with Gasteiger partial charge in [0.2, 0.25) is 0 Å². The molecule has 6 heteroatoms. The van der Waals surface area contributed by atoms with Crippen molar-refractivity contribution in [2.75, 3.05) is 0 Å². The topological polar surface area (TPSA) is 29.6 Å². The molecular weight excluding hydrogens is 1480 g/mol. The second kappa shape index (κ2) is 27.7. The van der Waals surface area contributed by atoms with Crippen LogP contribution in [0.4, 0.5) is 0 Å². The van der Waals surface area contributed by atoms with Crippen LogP contribution in [0.1, 0.15) is 0 Å². The monoisotopic (exact) mass is 1550 g/mol. The molecule has 20 aromatic carbocycles. The maximum Gasteiger partial charge on any atom is 0.0788 e. The standard InChI is InChI=1S/2C58H37N3/c1-3-15-38(16-4-1)40-19-13-22-44(35-40)60-55-33-29-42(37-51(55)49-32-31-48-46-24-9-11-26-53(46)59(57(48)58(49)60)43-20-5-2-6-21-43)41-30-34-56-50(36-41)47-25-10-12-27-54(47)61(56)52-28-14-18-39-17-7-8-23-45(39)52;1-3-15-38(16-4-1)40-19-13-22-44(35-40)60-54-32-29-42(37-50(54)47-31-34-56-57(58(47)60)48-25-10-12-27-53(48)59(56)43-20-5-2-6-21-43)41-30-33-55-49(36-41)46-24-9-11-26-52(46)61(55)51-28-14-18-39-17-7-8-23-45(39)51/h2*1-37H. The summed E-state index contributed by atoms with van der Waals surface area (Å²) in [6, 6.07) is 164. The Morgan fingerprint density at radius 1 is 0.123 bits per heavy atom. The molecule has 0 N–H and O–H groups in total. The Balaban J connectivity index is 0.000000134. The molecule has 0 spiro atoms. The van der Waals surface area contributed by atoms with Crippen molar-refractivity contribution < 1.29 is 0 Å². The fraction of sp³-hybridized carbons (Fsp3) is 0. The number of nitrogens with zero attached hydrogens (tertiary/aromatic N) is 6. The van der Waals surface area contributed by atoms with E-state index in [1.54, 1.807) is 0 Å². The normalized spacial score (nSPS) is 11.9. The van der Waals surface area contributed by atoms with Gasteiger partial charge in [0.1, 0.15) is 0 Å². The minimum Gasteiger partial charge on any atom is -0.309 e. The van der Waals surface area contributed by atoms with E-state index < -0.39 is 0 Å². The first-order valence-electron chi connectivity index (χ1n) is 42.0. The number of benzene rings is 20. The van der Waals surface area contributed by atoms with Crippen LogP contribution < -0.4 is 0 Å². The highest BCUT2D eigenvalue weighted by molar-refractivity contribution is 6.28. The van der Waals surface area contributed by atoms with E-state index in [4.69, 9.17) is 0 Å². The van der Waals surface area contributed by atoms with Gasteiger partial charge in [-0.2, -0.15) is 0 Å². The van der Waals surface area contributed by atoms with Crippen LogP contribution in [0.5, 0.6) is 0 Å². The summed E-state index contributed by atoms with van der Waals surface area (Å²) >= 11 is 0. The van der Waals surface area contributed by atoms with Crippen LogP contribution in [-0.4, -0.2) is 27.4 Å². The van der Waals surface area contributed by atoms with Gasteiger partial charge >= 0.3 is 0 Å². The zero-order valence-electron chi connectivity index (χ0n) is 66.4. The molecule has 0 aliphatic rings. The molecule has 6 nitrogen and oxygen atoms in total. The van der Waals surface area contributed by atoms with Crippen LogP contribution in [-0.2, 0) is 0 Å². The van der Waals surface area contributed by atoms with Gasteiger partial charge in [-0.05, 0) is 195 Å². The largest absolute Gasteiger partial charge is 0.309 e. The van der Waals surface area contributed by atoms with Crippen molar-refractivity contribution >= 4 is 152 Å². The van der Waals surface area contributed by atoms with Gasteiger partial charge in [0, 0.05) is 98.2 Å². The average Bonchev–Trinajstić information content (AvgIpc) is 1.43. The first-order valence-corrected chi connectivity index (χ1v) is 42.0. The Labute approximate surface area is 702 Å². The van der Waals surface area contributed by atoms with Crippen molar-refractivity contribution in [2.24, 2.45) is 0 Å². The van der Waals surface area contributed by atoms with Crippen LogP contribution in [0.15, 0.2) is 449 Å². The van der Waals surface area contributed by atoms with Crippen LogP contribution in [0, 0.1) is 0 Å². The first-order chi connectivity index (χ1) is 60.6. The van der Waals surface area contributed by atoms with Gasteiger partial charge < -0.3 is 27.4 Å². The molecule has 6 aromatic heterocycles. The Morgan fingerprint density at radius 2 is 0.393 bits per heavy atom. The number of aromatic nitrogens is 6. The minimum atomic E-state index is 1.13. The molecule has 0 fully saturated rings. The molecule has 26 rings (SSSR count). The Kier molecular flexibility index (Phi) is 15.6. The maximum absolute atomic E-state index is 2.51. The Hall–Kier alpha value is -16.3. The third kappa shape index (κ3) is 10.7. The summed E-state index contributed by atoms with van der Waals surface area (Å²) in [5.74, 6) is 0. The zero-order chi connectivity index (χ0) is 80.0. The summed E-state index contributed by atoms with van der Waals surface area (Å²) in [5, 5.41) is 19.9. The Morgan fingerprint density at radius 3 is 0.861 bits per heavy atom. The number of hydrogen-bond acceptors (Lipinski definition) is 0.